The molecule has 184 valence electrons. The van der Waals surface area contributed by atoms with Crippen molar-refractivity contribution in [1.29, 1.82) is 0 Å². The van der Waals surface area contributed by atoms with Crippen molar-refractivity contribution in [3.63, 3.8) is 0 Å². The summed E-state index contributed by atoms with van der Waals surface area (Å²) in [4.78, 5) is 34.0. The van der Waals surface area contributed by atoms with E-state index in [4.69, 9.17) is 10.2 Å². The van der Waals surface area contributed by atoms with Gasteiger partial charge in [-0.15, -0.1) is 13.2 Å². The van der Waals surface area contributed by atoms with Crippen molar-refractivity contribution in [3.05, 3.63) is 54.1 Å². The molecule has 0 saturated carbocycles. The maximum absolute atomic E-state index is 12.4. The fraction of sp³-hybridized carbons (Fsp3) is 0.211. The number of hydrogen-bond donors (Lipinski definition) is 4. The van der Waals surface area contributed by atoms with Gasteiger partial charge in [0.1, 0.15) is 5.75 Å². The van der Waals surface area contributed by atoms with E-state index in [1.165, 1.54) is 24.3 Å². The molecule has 0 spiro atoms. The Kier molecular flexibility index (Phi) is 8.66. The van der Waals surface area contributed by atoms with Crippen LogP contribution in [0.15, 0.2) is 53.4 Å². The third-order valence-corrected chi connectivity index (χ3v) is 6.30. The number of aliphatic hydroxyl groups excluding tert-OH is 2. The van der Waals surface area contributed by atoms with Gasteiger partial charge < -0.3 is 20.1 Å². The molecule has 10 nitrogen and oxygen atoms in total. The maximum Gasteiger partial charge on any atom is 0.573 e. The Morgan fingerprint density at radius 1 is 0.971 bits per heavy atom. The quantitative estimate of drug-likeness (QED) is 0.336. The van der Waals surface area contributed by atoms with Gasteiger partial charge >= 0.3 is 12.3 Å². The van der Waals surface area contributed by atoms with Gasteiger partial charge in [-0.05, 0) is 48.5 Å². The number of carbonyl (C=O) groups excluding carboxylic acids is 2. The van der Waals surface area contributed by atoms with Crippen molar-refractivity contribution >= 4 is 44.3 Å². The lowest BCUT2D eigenvalue weighted by atomic mass is 10.1. The molecule has 34 heavy (non-hydrogen) atoms. The number of carboxylic acids is 1. The average molecular weight is 523 g/mol. The fourth-order valence-corrected chi connectivity index (χ4v) is 4.13. The summed E-state index contributed by atoms with van der Waals surface area (Å²) in [6.45, 7) is 0. The Bertz CT molecular complexity index is 1150. The lowest BCUT2D eigenvalue weighted by Gasteiger charge is -2.12. The first-order valence-electron chi connectivity index (χ1n) is 8.97. The molecule has 15 heteroatoms. The van der Waals surface area contributed by atoms with Gasteiger partial charge in [0.15, 0.2) is 18.0 Å². The van der Waals surface area contributed by atoms with E-state index in [1.807, 2.05) is 0 Å². The van der Waals surface area contributed by atoms with Gasteiger partial charge in [-0.3, -0.25) is 14.3 Å². The van der Waals surface area contributed by atoms with E-state index in [9.17, 15) is 41.1 Å². The van der Waals surface area contributed by atoms with E-state index in [2.05, 4.69) is 9.46 Å². The van der Waals surface area contributed by atoms with Crippen LogP contribution in [0, 0.1) is 0 Å². The second kappa shape index (κ2) is 10.9. The molecule has 2 unspecified atom stereocenters. The van der Waals surface area contributed by atoms with Gasteiger partial charge in [0.05, 0.1) is 10.6 Å². The highest BCUT2D eigenvalue weighted by Gasteiger charge is 2.31. The van der Waals surface area contributed by atoms with E-state index in [0.717, 1.165) is 24.3 Å². The van der Waals surface area contributed by atoms with Crippen molar-refractivity contribution in [1.82, 2.24) is 0 Å². The normalized spacial score (nSPS) is 13.6. The number of Topliss-reactive ketones (excluding diaryl/α,β-unsaturated/α-hetero) is 1. The molecule has 0 aliphatic rings. The second-order valence-electron chi connectivity index (χ2n) is 6.46. The molecule has 2 aromatic carbocycles. The number of carboxylic acid groups (broad SMARTS) is 1. The Hall–Kier alpha value is -3.14. The van der Waals surface area contributed by atoms with Crippen LogP contribution in [0.3, 0.4) is 0 Å². The Morgan fingerprint density at radius 3 is 2.03 bits per heavy atom. The number of ketones is 1. The summed E-state index contributed by atoms with van der Waals surface area (Å²) in [7, 11) is -4.17. The molecule has 0 heterocycles. The highest BCUT2D eigenvalue weighted by molar-refractivity contribution is 8.14. The van der Waals surface area contributed by atoms with Gasteiger partial charge in [-0.1, -0.05) is 11.8 Å². The van der Waals surface area contributed by atoms with Crippen LogP contribution in [0.1, 0.15) is 10.4 Å². The lowest BCUT2D eigenvalue weighted by molar-refractivity contribution is -0.274. The van der Waals surface area contributed by atoms with Crippen molar-refractivity contribution in [2.45, 2.75) is 23.5 Å². The first-order chi connectivity index (χ1) is 15.7. The fourth-order valence-electron chi connectivity index (χ4n) is 2.33. The first-order valence-corrected chi connectivity index (χ1v) is 11.4. The standard InChI is InChI=1S/C19H16F3NO9S2/c20-19(21,22)32-12-5-7-13(8-6-12)34(30,31)23-11-3-1-10(2-4-11)14(24)9-33-18(29)16(26)15(25)17(27)28/h1-8,15-16,23,25-26H,9H2,(H,27,28). The van der Waals surface area contributed by atoms with Crippen LogP contribution in [0.2, 0.25) is 0 Å². The molecular weight excluding hydrogens is 507 g/mol. The molecule has 0 aliphatic carbocycles. The Balaban J connectivity index is 1.99. The molecule has 0 fully saturated rings. The lowest BCUT2D eigenvalue weighted by Crippen LogP contribution is -2.38. The number of anilines is 1. The van der Waals surface area contributed by atoms with Crippen molar-refractivity contribution < 1.29 is 56.0 Å². The summed E-state index contributed by atoms with van der Waals surface area (Å²) < 4.78 is 67.2. The van der Waals surface area contributed by atoms with Crippen LogP contribution in [0.25, 0.3) is 0 Å². The summed E-state index contributed by atoms with van der Waals surface area (Å²) >= 11 is 0.295. The minimum absolute atomic E-state index is 0.0240. The molecule has 0 saturated heterocycles. The van der Waals surface area contributed by atoms with Crippen molar-refractivity contribution in [3.8, 4) is 5.75 Å². The molecule has 0 radical (unpaired) electrons. The van der Waals surface area contributed by atoms with E-state index < -0.39 is 57.0 Å². The summed E-state index contributed by atoms with van der Waals surface area (Å²) in [6, 6.07) is 8.38. The molecule has 0 amide bonds. The number of ether oxygens (including phenoxy) is 1. The van der Waals surface area contributed by atoms with Crippen LogP contribution in [-0.2, 0) is 19.6 Å². The minimum atomic E-state index is -4.93. The zero-order valence-electron chi connectivity index (χ0n) is 16.7. The summed E-state index contributed by atoms with van der Waals surface area (Å²) in [6.07, 6.45) is -9.49. The molecule has 2 aromatic rings. The van der Waals surface area contributed by atoms with E-state index >= 15 is 0 Å². The van der Waals surface area contributed by atoms with Crippen LogP contribution in [0.4, 0.5) is 18.9 Å². The molecule has 0 bridgehead atoms. The topological polar surface area (TPSA) is 167 Å². The molecule has 2 atom stereocenters. The number of aliphatic hydroxyl groups is 2. The number of alkyl halides is 3. The largest absolute Gasteiger partial charge is 0.573 e. The third-order valence-electron chi connectivity index (χ3n) is 3.97. The van der Waals surface area contributed by atoms with E-state index in [1.54, 1.807) is 0 Å². The van der Waals surface area contributed by atoms with E-state index in [0.29, 0.717) is 11.8 Å². The number of hydrogen-bond acceptors (Lipinski definition) is 9. The minimum Gasteiger partial charge on any atom is -0.479 e. The highest BCUT2D eigenvalue weighted by atomic mass is 32.2. The summed E-state index contributed by atoms with van der Waals surface area (Å²) in [5.41, 5.74) is 0.0843. The van der Waals surface area contributed by atoms with Crippen molar-refractivity contribution in [2.75, 3.05) is 10.5 Å². The molecular formula is C19H16F3NO9S2. The molecule has 4 N–H and O–H groups in total. The monoisotopic (exact) mass is 523 g/mol. The Morgan fingerprint density at radius 2 is 1.53 bits per heavy atom. The van der Waals surface area contributed by atoms with Crippen LogP contribution in [0.5, 0.6) is 5.75 Å². The number of carbonyl (C=O) groups is 3. The predicted molar refractivity (Wildman–Crippen MR) is 112 cm³/mol. The Labute approximate surface area is 194 Å². The van der Waals surface area contributed by atoms with Gasteiger partial charge in [-0.25, -0.2) is 13.2 Å². The highest BCUT2D eigenvalue weighted by Crippen LogP contribution is 2.25. The predicted octanol–water partition coefficient (Wildman–Crippen LogP) is 1.63. The number of sulfonamides is 1. The number of rotatable bonds is 10. The zero-order valence-corrected chi connectivity index (χ0v) is 18.4. The smallest absolute Gasteiger partial charge is 0.479 e. The number of nitrogens with one attached hydrogen (secondary N) is 1. The maximum atomic E-state index is 12.4. The average Bonchev–Trinajstić information content (AvgIpc) is 2.75. The van der Waals surface area contributed by atoms with Gasteiger partial charge in [0.2, 0.25) is 5.12 Å². The number of halogens is 3. The van der Waals surface area contributed by atoms with Gasteiger partial charge in [0.25, 0.3) is 10.0 Å². The second-order valence-corrected chi connectivity index (χ2v) is 9.12. The van der Waals surface area contributed by atoms with Crippen LogP contribution >= 0.6 is 11.8 Å². The van der Waals surface area contributed by atoms with E-state index in [-0.39, 0.29) is 16.1 Å². The number of aliphatic carboxylic acids is 1. The van der Waals surface area contributed by atoms with Gasteiger partial charge in [-0.2, -0.15) is 0 Å². The van der Waals surface area contributed by atoms with Crippen molar-refractivity contribution in [2.24, 2.45) is 0 Å². The first kappa shape index (κ1) is 27.1. The molecule has 0 aromatic heterocycles. The number of benzene rings is 2. The summed E-state index contributed by atoms with van der Waals surface area (Å²) in [5.74, 6) is -3.50. The third kappa shape index (κ3) is 7.72. The molecule has 2 rings (SSSR count). The SMILES string of the molecule is O=C(CSC(=O)C(O)C(O)C(=O)O)c1ccc(NS(=O)(=O)c2ccc(OC(F)(F)F)cc2)cc1. The van der Waals surface area contributed by atoms with Gasteiger partial charge in [0, 0.05) is 11.3 Å². The number of thioether (sulfide) groups is 1. The van der Waals surface area contributed by atoms with Crippen LogP contribution < -0.4 is 9.46 Å². The van der Waals surface area contributed by atoms with Crippen LogP contribution in [-0.4, -0.2) is 64.9 Å². The summed E-state index contributed by atoms with van der Waals surface area (Å²) in [5, 5.41) is 26.0. The molecule has 0 aliphatic heterocycles. The zero-order chi connectivity index (χ0) is 25.7.